The molecule has 1 aromatic carbocycles. The predicted molar refractivity (Wildman–Crippen MR) is 71.1 cm³/mol. The summed E-state index contributed by atoms with van der Waals surface area (Å²) >= 11 is 5.99. The molecule has 0 aromatic heterocycles. The number of carbonyl (C=O) groups excluding carboxylic acids is 2. The Morgan fingerprint density at radius 3 is 2.90 bits per heavy atom. The number of benzene rings is 1. The van der Waals surface area contributed by atoms with Crippen molar-refractivity contribution in [2.45, 2.75) is 19.9 Å². The summed E-state index contributed by atoms with van der Waals surface area (Å²) in [6.07, 6.45) is 0. The maximum Gasteiger partial charge on any atom is 0.328 e. The SMILES string of the molecule is CCOC(=O)C(C)NC(=O)c1cc(Cl)c2c(c1)OCO2. The van der Waals surface area contributed by atoms with E-state index in [1.807, 2.05) is 0 Å². The zero-order valence-corrected chi connectivity index (χ0v) is 11.8. The normalized spacial score (nSPS) is 13.8. The molecule has 0 bridgehead atoms. The third-order valence-corrected chi connectivity index (χ3v) is 2.96. The Kier molecular flexibility index (Phi) is 4.34. The van der Waals surface area contributed by atoms with Gasteiger partial charge in [-0.25, -0.2) is 4.79 Å². The molecule has 7 heteroatoms. The van der Waals surface area contributed by atoms with Crippen molar-refractivity contribution in [2.75, 3.05) is 13.4 Å². The van der Waals surface area contributed by atoms with Crippen molar-refractivity contribution >= 4 is 23.5 Å². The van der Waals surface area contributed by atoms with Gasteiger partial charge in [0.15, 0.2) is 11.5 Å². The van der Waals surface area contributed by atoms with Gasteiger partial charge >= 0.3 is 5.97 Å². The number of rotatable bonds is 4. The average Bonchev–Trinajstić information content (AvgIpc) is 2.87. The molecular formula is C13H14ClNO5. The Labute approximate surface area is 120 Å². The first-order valence-corrected chi connectivity index (χ1v) is 6.47. The second kappa shape index (κ2) is 6.00. The van der Waals surface area contributed by atoms with E-state index < -0.39 is 17.9 Å². The largest absolute Gasteiger partial charge is 0.464 e. The molecule has 0 fully saturated rings. The van der Waals surface area contributed by atoms with E-state index in [9.17, 15) is 9.59 Å². The predicted octanol–water partition coefficient (Wildman–Crippen LogP) is 1.75. The summed E-state index contributed by atoms with van der Waals surface area (Å²) in [6.45, 7) is 3.57. The first-order chi connectivity index (χ1) is 9.52. The van der Waals surface area contributed by atoms with Crippen LogP contribution in [0, 0.1) is 0 Å². The lowest BCUT2D eigenvalue weighted by atomic mass is 10.1. The number of hydrogen-bond acceptors (Lipinski definition) is 5. The Bertz CT molecular complexity index is 546. The molecule has 1 aliphatic rings. The molecule has 1 atom stereocenters. The van der Waals surface area contributed by atoms with Gasteiger partial charge in [0.25, 0.3) is 5.91 Å². The number of nitrogens with one attached hydrogen (secondary N) is 1. The fraction of sp³-hybridized carbons (Fsp3) is 0.385. The van der Waals surface area contributed by atoms with Gasteiger partial charge in [-0.2, -0.15) is 0 Å². The van der Waals surface area contributed by atoms with Gasteiger partial charge in [0, 0.05) is 5.56 Å². The van der Waals surface area contributed by atoms with E-state index >= 15 is 0 Å². The Balaban J connectivity index is 2.10. The van der Waals surface area contributed by atoms with E-state index in [0.717, 1.165) is 0 Å². The minimum atomic E-state index is -0.744. The van der Waals surface area contributed by atoms with E-state index in [1.165, 1.54) is 12.1 Å². The summed E-state index contributed by atoms with van der Waals surface area (Å²) in [4.78, 5) is 23.5. The van der Waals surface area contributed by atoms with Crippen LogP contribution in [0.5, 0.6) is 11.5 Å². The van der Waals surface area contributed by atoms with Gasteiger partial charge in [0.1, 0.15) is 6.04 Å². The highest BCUT2D eigenvalue weighted by Gasteiger charge is 2.23. The second-order valence-electron chi connectivity index (χ2n) is 4.14. The lowest BCUT2D eigenvalue weighted by Gasteiger charge is -2.13. The lowest BCUT2D eigenvalue weighted by molar-refractivity contribution is -0.144. The van der Waals surface area contributed by atoms with E-state index in [0.29, 0.717) is 11.5 Å². The molecule has 20 heavy (non-hydrogen) atoms. The zero-order valence-electron chi connectivity index (χ0n) is 11.1. The molecule has 6 nitrogen and oxygen atoms in total. The molecule has 1 unspecified atom stereocenters. The molecule has 1 heterocycles. The highest BCUT2D eigenvalue weighted by Crippen LogP contribution is 2.39. The highest BCUT2D eigenvalue weighted by atomic mass is 35.5. The van der Waals surface area contributed by atoms with E-state index in [4.69, 9.17) is 25.8 Å². The minimum Gasteiger partial charge on any atom is -0.464 e. The Morgan fingerprint density at radius 2 is 2.20 bits per heavy atom. The fourth-order valence-electron chi connectivity index (χ4n) is 1.70. The van der Waals surface area contributed by atoms with Gasteiger partial charge < -0.3 is 19.5 Å². The molecule has 0 radical (unpaired) electrons. The maximum atomic E-state index is 12.0. The number of hydrogen-bond donors (Lipinski definition) is 1. The number of halogens is 1. The van der Waals surface area contributed by atoms with Gasteiger partial charge in [-0.15, -0.1) is 0 Å². The molecule has 0 aliphatic carbocycles. The molecule has 1 aliphatic heterocycles. The van der Waals surface area contributed by atoms with Crippen LogP contribution in [-0.2, 0) is 9.53 Å². The topological polar surface area (TPSA) is 73.9 Å². The summed E-state index contributed by atoms with van der Waals surface area (Å²) in [5, 5.41) is 2.82. The van der Waals surface area contributed by atoms with Gasteiger partial charge in [-0.3, -0.25) is 4.79 Å². The molecule has 1 aromatic rings. The maximum absolute atomic E-state index is 12.0. The van der Waals surface area contributed by atoms with Crippen LogP contribution in [0.25, 0.3) is 0 Å². The van der Waals surface area contributed by atoms with Gasteiger partial charge in [-0.05, 0) is 26.0 Å². The molecular weight excluding hydrogens is 286 g/mol. The average molecular weight is 300 g/mol. The van der Waals surface area contributed by atoms with Crippen molar-refractivity contribution in [1.29, 1.82) is 0 Å². The standard InChI is InChI=1S/C13H14ClNO5/c1-3-18-13(17)7(2)15-12(16)8-4-9(14)11-10(5-8)19-6-20-11/h4-5,7H,3,6H2,1-2H3,(H,15,16). The quantitative estimate of drug-likeness (QED) is 0.857. The van der Waals surface area contributed by atoms with Crippen LogP contribution in [0.1, 0.15) is 24.2 Å². The van der Waals surface area contributed by atoms with Crippen molar-refractivity contribution in [2.24, 2.45) is 0 Å². The lowest BCUT2D eigenvalue weighted by Crippen LogP contribution is -2.39. The van der Waals surface area contributed by atoms with E-state index in [2.05, 4.69) is 5.32 Å². The monoisotopic (exact) mass is 299 g/mol. The smallest absolute Gasteiger partial charge is 0.328 e. The number of amides is 1. The van der Waals surface area contributed by atoms with Crippen LogP contribution in [0.2, 0.25) is 5.02 Å². The van der Waals surface area contributed by atoms with Crippen LogP contribution in [0.3, 0.4) is 0 Å². The summed E-state index contributed by atoms with van der Waals surface area (Å²) in [7, 11) is 0. The molecule has 1 amide bonds. The van der Waals surface area contributed by atoms with Crippen LogP contribution in [-0.4, -0.2) is 31.3 Å². The van der Waals surface area contributed by atoms with Crippen molar-refractivity contribution in [1.82, 2.24) is 5.32 Å². The summed E-state index contributed by atoms with van der Waals surface area (Å²) in [5.41, 5.74) is 0.287. The second-order valence-corrected chi connectivity index (χ2v) is 4.55. The summed E-state index contributed by atoms with van der Waals surface area (Å²) in [6, 6.07) is 2.23. The van der Waals surface area contributed by atoms with Crippen molar-refractivity contribution in [3.63, 3.8) is 0 Å². The minimum absolute atomic E-state index is 0.0688. The van der Waals surface area contributed by atoms with Crippen LogP contribution >= 0.6 is 11.6 Å². The molecule has 0 spiro atoms. The number of esters is 1. The van der Waals surface area contributed by atoms with Gasteiger partial charge in [0.2, 0.25) is 6.79 Å². The Morgan fingerprint density at radius 1 is 1.45 bits per heavy atom. The molecule has 0 saturated heterocycles. The molecule has 108 valence electrons. The zero-order chi connectivity index (χ0) is 14.7. The third kappa shape index (κ3) is 2.96. The first kappa shape index (κ1) is 14.5. The Hall–Kier alpha value is -1.95. The molecule has 0 saturated carbocycles. The van der Waals surface area contributed by atoms with Crippen molar-refractivity contribution in [3.8, 4) is 11.5 Å². The third-order valence-electron chi connectivity index (χ3n) is 2.68. The van der Waals surface area contributed by atoms with Gasteiger partial charge in [-0.1, -0.05) is 11.6 Å². The van der Waals surface area contributed by atoms with Gasteiger partial charge in [0.05, 0.1) is 11.6 Å². The van der Waals surface area contributed by atoms with Crippen LogP contribution in [0.15, 0.2) is 12.1 Å². The summed E-state index contributed by atoms with van der Waals surface area (Å²) in [5.74, 6) is -0.105. The highest BCUT2D eigenvalue weighted by molar-refractivity contribution is 6.32. The number of ether oxygens (including phenoxy) is 3. The van der Waals surface area contributed by atoms with Crippen molar-refractivity contribution in [3.05, 3.63) is 22.7 Å². The fourth-order valence-corrected chi connectivity index (χ4v) is 1.97. The van der Waals surface area contributed by atoms with Crippen LogP contribution < -0.4 is 14.8 Å². The van der Waals surface area contributed by atoms with E-state index in [1.54, 1.807) is 13.8 Å². The van der Waals surface area contributed by atoms with Crippen molar-refractivity contribution < 1.29 is 23.8 Å². The number of carbonyl (C=O) groups is 2. The summed E-state index contributed by atoms with van der Waals surface area (Å²) < 4.78 is 15.2. The van der Waals surface area contributed by atoms with Crippen LogP contribution in [0.4, 0.5) is 0 Å². The molecule has 2 rings (SSSR count). The number of fused-ring (bicyclic) bond motifs is 1. The first-order valence-electron chi connectivity index (χ1n) is 6.09. The molecule has 1 N–H and O–H groups in total. The van der Waals surface area contributed by atoms with E-state index in [-0.39, 0.29) is 24.0 Å².